The average molecular weight is 293 g/mol. The first-order valence-electron chi connectivity index (χ1n) is 7.97. The third-order valence-corrected chi connectivity index (χ3v) is 5.22. The van der Waals surface area contributed by atoms with Crippen LogP contribution in [0.25, 0.3) is 0 Å². The first-order valence-corrected chi connectivity index (χ1v) is 7.97. The lowest BCUT2D eigenvalue weighted by molar-refractivity contribution is 0.0840. The van der Waals surface area contributed by atoms with Crippen molar-refractivity contribution in [3.63, 3.8) is 0 Å². The molecule has 0 saturated carbocycles. The number of nitrogens with two attached hydrogens (primary N) is 1. The van der Waals surface area contributed by atoms with Crippen LogP contribution in [0.3, 0.4) is 0 Å². The molecule has 21 heavy (non-hydrogen) atoms. The fourth-order valence-electron chi connectivity index (χ4n) is 3.48. The van der Waals surface area contributed by atoms with Gasteiger partial charge < -0.3 is 0 Å². The summed E-state index contributed by atoms with van der Waals surface area (Å²) in [7, 11) is 0. The van der Waals surface area contributed by atoms with Crippen molar-refractivity contribution in [1.29, 1.82) is 0 Å². The largest absolute Gasteiger partial charge is 0.296 e. The van der Waals surface area contributed by atoms with Crippen molar-refractivity contribution in [2.45, 2.75) is 58.0 Å². The number of hydrazine groups is 1. The molecule has 1 aromatic carbocycles. The van der Waals surface area contributed by atoms with E-state index < -0.39 is 0 Å². The molecular weight excluding hydrogens is 265 g/mol. The van der Waals surface area contributed by atoms with Gasteiger partial charge in [-0.3, -0.25) is 16.2 Å². The Labute approximate surface area is 127 Å². The number of benzene rings is 1. The van der Waals surface area contributed by atoms with Crippen LogP contribution in [0.1, 0.15) is 44.2 Å². The zero-order chi connectivity index (χ0) is 15.5. The summed E-state index contributed by atoms with van der Waals surface area (Å²) in [6, 6.07) is 5.18. The summed E-state index contributed by atoms with van der Waals surface area (Å²) < 4.78 is 13.3. The lowest BCUT2D eigenvalue weighted by Gasteiger charge is -2.44. The van der Waals surface area contributed by atoms with Crippen molar-refractivity contribution in [2.24, 2.45) is 5.84 Å². The monoisotopic (exact) mass is 293 g/mol. The Balaban J connectivity index is 2.20. The second kappa shape index (κ2) is 6.86. The Kier molecular flexibility index (Phi) is 5.36. The summed E-state index contributed by atoms with van der Waals surface area (Å²) in [6.07, 6.45) is 4.40. The maximum atomic E-state index is 13.3. The molecule has 1 aromatic rings. The molecule has 1 aliphatic rings. The van der Waals surface area contributed by atoms with E-state index in [1.807, 2.05) is 13.0 Å². The van der Waals surface area contributed by atoms with Crippen LogP contribution in [-0.2, 0) is 6.42 Å². The van der Waals surface area contributed by atoms with Gasteiger partial charge in [-0.05, 0) is 75.9 Å². The molecule has 0 aromatic heterocycles. The lowest BCUT2D eigenvalue weighted by atomic mass is 9.83. The molecule has 2 atom stereocenters. The molecule has 2 unspecified atom stereocenters. The molecule has 1 saturated heterocycles. The Morgan fingerprint density at radius 3 is 2.57 bits per heavy atom. The van der Waals surface area contributed by atoms with E-state index >= 15 is 0 Å². The van der Waals surface area contributed by atoms with Crippen LogP contribution >= 0.6 is 0 Å². The molecule has 0 amide bonds. The molecule has 0 aliphatic carbocycles. The zero-order valence-electron chi connectivity index (χ0n) is 13.5. The predicted octanol–water partition coefficient (Wildman–Crippen LogP) is 2.77. The van der Waals surface area contributed by atoms with Crippen LogP contribution in [0.15, 0.2) is 18.2 Å². The first kappa shape index (κ1) is 16.4. The Morgan fingerprint density at radius 2 is 2.05 bits per heavy atom. The standard InChI is InChI=1S/C17H28FN3/c1-4-17(3,21-9-5-6-10-21)16(20-19)12-14-7-8-15(18)11-13(14)2/h7-8,11,16,20H,4-6,9-10,12,19H2,1-3H3. The number of likely N-dealkylation sites (tertiary alicyclic amines) is 1. The van der Waals surface area contributed by atoms with Crippen molar-refractivity contribution in [2.75, 3.05) is 13.1 Å². The summed E-state index contributed by atoms with van der Waals surface area (Å²) in [4.78, 5) is 2.55. The smallest absolute Gasteiger partial charge is 0.123 e. The maximum Gasteiger partial charge on any atom is 0.123 e. The fraction of sp³-hybridized carbons (Fsp3) is 0.647. The Hall–Kier alpha value is -0.970. The van der Waals surface area contributed by atoms with E-state index in [1.54, 1.807) is 6.07 Å². The van der Waals surface area contributed by atoms with Gasteiger partial charge in [0.25, 0.3) is 0 Å². The number of hydrogen-bond acceptors (Lipinski definition) is 3. The van der Waals surface area contributed by atoms with Crippen molar-refractivity contribution in [1.82, 2.24) is 10.3 Å². The normalized spacial score (nSPS) is 20.4. The van der Waals surface area contributed by atoms with Gasteiger partial charge in [0.15, 0.2) is 0 Å². The second-order valence-corrected chi connectivity index (χ2v) is 6.40. The van der Waals surface area contributed by atoms with Crippen molar-refractivity contribution < 1.29 is 4.39 Å². The van der Waals surface area contributed by atoms with Crippen LogP contribution in [0.2, 0.25) is 0 Å². The first-order chi connectivity index (χ1) is 10.0. The number of nitrogens with zero attached hydrogens (tertiary/aromatic N) is 1. The van der Waals surface area contributed by atoms with Crippen LogP contribution < -0.4 is 11.3 Å². The van der Waals surface area contributed by atoms with E-state index in [2.05, 4.69) is 24.2 Å². The van der Waals surface area contributed by atoms with Gasteiger partial charge in [0.2, 0.25) is 0 Å². The highest BCUT2D eigenvalue weighted by molar-refractivity contribution is 5.28. The summed E-state index contributed by atoms with van der Waals surface area (Å²) in [6.45, 7) is 8.77. The van der Waals surface area contributed by atoms with Gasteiger partial charge >= 0.3 is 0 Å². The van der Waals surface area contributed by atoms with Crippen LogP contribution in [0.4, 0.5) is 4.39 Å². The molecule has 0 radical (unpaired) electrons. The van der Waals surface area contributed by atoms with E-state index in [-0.39, 0.29) is 17.4 Å². The van der Waals surface area contributed by atoms with E-state index in [0.29, 0.717) is 0 Å². The molecule has 1 fully saturated rings. The van der Waals surface area contributed by atoms with Gasteiger partial charge in [-0.2, -0.15) is 0 Å². The molecule has 4 heteroatoms. The fourth-order valence-corrected chi connectivity index (χ4v) is 3.48. The lowest BCUT2D eigenvalue weighted by Crippen LogP contribution is -2.61. The quantitative estimate of drug-likeness (QED) is 0.626. The molecule has 3 nitrogen and oxygen atoms in total. The van der Waals surface area contributed by atoms with Gasteiger partial charge in [-0.25, -0.2) is 4.39 Å². The minimum Gasteiger partial charge on any atom is -0.296 e. The Bertz CT molecular complexity index is 471. The van der Waals surface area contributed by atoms with Gasteiger partial charge in [0.05, 0.1) is 0 Å². The highest BCUT2D eigenvalue weighted by atomic mass is 19.1. The summed E-state index contributed by atoms with van der Waals surface area (Å²) in [5.74, 6) is 5.70. The minimum absolute atomic E-state index is 0.0338. The van der Waals surface area contributed by atoms with Gasteiger partial charge in [0.1, 0.15) is 5.82 Å². The average Bonchev–Trinajstić information content (AvgIpc) is 3.00. The molecule has 1 aliphatic heterocycles. The van der Waals surface area contributed by atoms with Gasteiger partial charge in [-0.15, -0.1) is 0 Å². The number of rotatable bonds is 6. The SMILES string of the molecule is CCC(C)(C(Cc1ccc(F)cc1C)NN)N1CCCC1. The van der Waals surface area contributed by atoms with E-state index in [9.17, 15) is 4.39 Å². The van der Waals surface area contributed by atoms with Crippen molar-refractivity contribution in [3.8, 4) is 0 Å². The topological polar surface area (TPSA) is 41.3 Å². The summed E-state index contributed by atoms with van der Waals surface area (Å²) >= 11 is 0. The van der Waals surface area contributed by atoms with E-state index in [0.717, 1.165) is 31.5 Å². The third kappa shape index (κ3) is 3.44. The Morgan fingerprint density at radius 1 is 1.38 bits per heavy atom. The summed E-state index contributed by atoms with van der Waals surface area (Å²) in [5.41, 5.74) is 5.22. The molecular formula is C17H28FN3. The second-order valence-electron chi connectivity index (χ2n) is 6.40. The van der Waals surface area contributed by atoms with Crippen LogP contribution in [-0.4, -0.2) is 29.6 Å². The molecule has 0 bridgehead atoms. The number of hydrogen-bond donors (Lipinski definition) is 2. The molecule has 3 N–H and O–H groups in total. The molecule has 2 rings (SSSR count). The highest BCUT2D eigenvalue weighted by Gasteiger charge is 2.39. The highest BCUT2D eigenvalue weighted by Crippen LogP contribution is 2.30. The third-order valence-electron chi connectivity index (χ3n) is 5.22. The molecule has 118 valence electrons. The maximum absolute atomic E-state index is 13.3. The minimum atomic E-state index is -0.175. The van der Waals surface area contributed by atoms with Crippen LogP contribution in [0.5, 0.6) is 0 Å². The van der Waals surface area contributed by atoms with Gasteiger partial charge in [0, 0.05) is 11.6 Å². The number of nitrogens with one attached hydrogen (secondary N) is 1. The van der Waals surface area contributed by atoms with E-state index in [1.165, 1.54) is 24.5 Å². The summed E-state index contributed by atoms with van der Waals surface area (Å²) in [5, 5.41) is 0. The number of aryl methyl sites for hydroxylation is 1. The van der Waals surface area contributed by atoms with E-state index in [4.69, 9.17) is 5.84 Å². The van der Waals surface area contributed by atoms with Crippen molar-refractivity contribution >= 4 is 0 Å². The van der Waals surface area contributed by atoms with Crippen molar-refractivity contribution in [3.05, 3.63) is 35.1 Å². The van der Waals surface area contributed by atoms with Crippen LogP contribution in [0, 0.1) is 12.7 Å². The molecule has 1 heterocycles. The predicted molar refractivity (Wildman–Crippen MR) is 85.5 cm³/mol. The number of halogens is 1. The molecule has 0 spiro atoms. The zero-order valence-corrected chi connectivity index (χ0v) is 13.5. The van der Waals surface area contributed by atoms with Gasteiger partial charge in [-0.1, -0.05) is 13.0 Å².